The third-order valence-electron chi connectivity index (χ3n) is 4.59. The second-order valence-electron chi connectivity index (χ2n) is 6.40. The maximum atomic E-state index is 14.1. The molecule has 0 radical (unpaired) electrons. The predicted octanol–water partition coefficient (Wildman–Crippen LogP) is 5.05. The Morgan fingerprint density at radius 1 is 1.07 bits per heavy atom. The molecule has 0 unspecified atom stereocenters. The molecule has 0 aliphatic carbocycles. The molecule has 2 heterocycles. The average Bonchev–Trinajstić information content (AvgIpc) is 3.17. The first-order chi connectivity index (χ1) is 13.6. The molecule has 1 aliphatic rings. The van der Waals surface area contributed by atoms with Crippen molar-refractivity contribution in [3.63, 3.8) is 0 Å². The molecule has 2 aromatic carbocycles. The maximum absolute atomic E-state index is 14.1. The minimum Gasteiger partial charge on any atom is -0.342 e. The van der Waals surface area contributed by atoms with Crippen LogP contribution in [0.25, 0.3) is 17.0 Å². The van der Waals surface area contributed by atoms with Gasteiger partial charge in [-0.25, -0.2) is 4.39 Å². The van der Waals surface area contributed by atoms with E-state index >= 15 is 0 Å². The van der Waals surface area contributed by atoms with Crippen molar-refractivity contribution in [3.8, 4) is 0 Å². The fourth-order valence-electron chi connectivity index (χ4n) is 3.26. The fourth-order valence-corrected chi connectivity index (χ4v) is 4.10. The van der Waals surface area contributed by atoms with E-state index < -0.39 is 0 Å². The molecule has 0 saturated carbocycles. The lowest BCUT2D eigenvalue weighted by molar-refractivity contribution is -0.122. The topological polar surface area (TPSA) is 42.3 Å². The Morgan fingerprint density at radius 2 is 1.82 bits per heavy atom. The van der Waals surface area contributed by atoms with Gasteiger partial charge in [0.2, 0.25) is 0 Å². The van der Waals surface area contributed by atoms with Crippen LogP contribution in [0.2, 0.25) is 0 Å². The molecule has 28 heavy (non-hydrogen) atoms. The van der Waals surface area contributed by atoms with E-state index in [2.05, 4.69) is 6.58 Å². The van der Waals surface area contributed by atoms with Crippen LogP contribution in [0.4, 0.5) is 9.18 Å². The van der Waals surface area contributed by atoms with Crippen molar-refractivity contribution >= 4 is 39.9 Å². The van der Waals surface area contributed by atoms with Crippen molar-refractivity contribution in [3.05, 3.63) is 89.2 Å². The smallest absolute Gasteiger partial charge is 0.293 e. The van der Waals surface area contributed by atoms with Gasteiger partial charge >= 0.3 is 0 Å². The number of thioether (sulfide) groups is 1. The molecule has 0 atom stereocenters. The van der Waals surface area contributed by atoms with Gasteiger partial charge in [0.05, 0.1) is 11.4 Å². The van der Waals surface area contributed by atoms with Crippen LogP contribution in [0.1, 0.15) is 11.1 Å². The van der Waals surface area contributed by atoms with Crippen molar-refractivity contribution in [1.29, 1.82) is 0 Å². The Labute approximate surface area is 165 Å². The van der Waals surface area contributed by atoms with Gasteiger partial charge in [0.1, 0.15) is 5.82 Å². The summed E-state index contributed by atoms with van der Waals surface area (Å²) >= 11 is 0.922. The van der Waals surface area contributed by atoms with Crippen molar-refractivity contribution in [2.24, 2.45) is 0 Å². The molecule has 0 N–H and O–H groups in total. The number of fused-ring (bicyclic) bond motifs is 1. The standard InChI is InChI=1S/C22H17FN2O2S/c1-2-11-25-21(26)20(28-22(25)27)12-16-14-24(19-10-6-4-8-17(16)19)13-15-7-3-5-9-18(15)23/h2-10,12,14H,1,11,13H2. The number of aromatic nitrogens is 1. The SMILES string of the molecule is C=CCN1C(=O)SC(=Cc2cn(Cc3ccccc3F)c3ccccc23)C1=O. The number of para-hydroxylation sites is 1. The summed E-state index contributed by atoms with van der Waals surface area (Å²) in [6.07, 6.45) is 5.15. The first-order valence-corrected chi connectivity index (χ1v) is 9.57. The Morgan fingerprint density at radius 3 is 2.61 bits per heavy atom. The summed E-state index contributed by atoms with van der Waals surface area (Å²) in [6, 6.07) is 14.4. The van der Waals surface area contributed by atoms with Gasteiger partial charge in [-0.1, -0.05) is 42.5 Å². The van der Waals surface area contributed by atoms with Gasteiger partial charge in [0.15, 0.2) is 0 Å². The minimum atomic E-state index is -0.319. The summed E-state index contributed by atoms with van der Waals surface area (Å²) in [6.45, 7) is 4.15. The van der Waals surface area contributed by atoms with Crippen LogP contribution in [0.3, 0.4) is 0 Å². The van der Waals surface area contributed by atoms with Gasteiger partial charge in [-0.3, -0.25) is 14.5 Å². The average molecular weight is 392 g/mol. The van der Waals surface area contributed by atoms with Gasteiger partial charge in [-0.05, 0) is 30.0 Å². The van der Waals surface area contributed by atoms with Crippen molar-refractivity contribution in [1.82, 2.24) is 9.47 Å². The van der Waals surface area contributed by atoms with Crippen molar-refractivity contribution in [2.45, 2.75) is 6.54 Å². The number of hydrogen-bond acceptors (Lipinski definition) is 3. The Kier molecular flexibility index (Phi) is 4.88. The molecule has 2 amide bonds. The number of hydrogen-bond donors (Lipinski definition) is 0. The van der Waals surface area contributed by atoms with Crippen LogP contribution >= 0.6 is 11.8 Å². The summed E-state index contributed by atoms with van der Waals surface area (Å²) in [5.41, 5.74) is 2.33. The number of rotatable bonds is 5. The number of benzene rings is 2. The van der Waals surface area contributed by atoms with Crippen LogP contribution in [0.15, 0.2) is 72.3 Å². The van der Waals surface area contributed by atoms with Crippen LogP contribution in [-0.2, 0) is 11.3 Å². The summed E-state index contributed by atoms with van der Waals surface area (Å²) in [7, 11) is 0. The third-order valence-corrected chi connectivity index (χ3v) is 5.50. The second kappa shape index (κ2) is 7.48. The van der Waals surface area contributed by atoms with E-state index in [0.29, 0.717) is 17.0 Å². The van der Waals surface area contributed by atoms with E-state index in [4.69, 9.17) is 0 Å². The highest BCUT2D eigenvalue weighted by molar-refractivity contribution is 8.18. The lowest BCUT2D eigenvalue weighted by Gasteiger charge is -2.07. The first-order valence-electron chi connectivity index (χ1n) is 8.76. The Bertz CT molecular complexity index is 1130. The van der Waals surface area contributed by atoms with E-state index in [9.17, 15) is 14.0 Å². The van der Waals surface area contributed by atoms with Crippen LogP contribution in [0.5, 0.6) is 0 Å². The number of amides is 2. The largest absolute Gasteiger partial charge is 0.342 e. The molecule has 1 saturated heterocycles. The summed E-state index contributed by atoms with van der Waals surface area (Å²) in [4.78, 5) is 26.1. The molecule has 0 bridgehead atoms. The third kappa shape index (κ3) is 3.27. The number of halogens is 1. The molecule has 1 fully saturated rings. The number of nitrogens with zero attached hydrogens (tertiary/aromatic N) is 2. The predicted molar refractivity (Wildman–Crippen MR) is 110 cm³/mol. The second-order valence-corrected chi connectivity index (χ2v) is 7.40. The van der Waals surface area contributed by atoms with E-state index in [0.717, 1.165) is 28.2 Å². The zero-order valence-corrected chi connectivity index (χ0v) is 15.8. The fraction of sp³-hybridized carbons (Fsp3) is 0.0909. The molecule has 4 nitrogen and oxygen atoms in total. The molecule has 140 valence electrons. The summed E-state index contributed by atoms with van der Waals surface area (Å²) in [5.74, 6) is -0.576. The molecule has 4 rings (SSSR count). The quantitative estimate of drug-likeness (QED) is 0.451. The highest BCUT2D eigenvalue weighted by Gasteiger charge is 2.34. The number of carbonyl (C=O) groups excluding carboxylic acids is 2. The summed E-state index contributed by atoms with van der Waals surface area (Å²) < 4.78 is 16.0. The zero-order chi connectivity index (χ0) is 19.7. The van der Waals surface area contributed by atoms with Gasteiger partial charge in [-0.2, -0.15) is 0 Å². The molecule has 1 aliphatic heterocycles. The van der Waals surface area contributed by atoms with Gasteiger partial charge in [0.25, 0.3) is 11.1 Å². The molecular formula is C22H17FN2O2S. The van der Waals surface area contributed by atoms with Gasteiger partial charge in [-0.15, -0.1) is 6.58 Å². The normalized spacial score (nSPS) is 15.8. The van der Waals surface area contributed by atoms with Crippen LogP contribution < -0.4 is 0 Å². The van der Waals surface area contributed by atoms with Gasteiger partial charge < -0.3 is 4.57 Å². The Balaban J connectivity index is 1.75. The van der Waals surface area contributed by atoms with Crippen LogP contribution in [-0.4, -0.2) is 27.2 Å². The number of imide groups is 1. The van der Waals surface area contributed by atoms with E-state index in [-0.39, 0.29) is 23.5 Å². The van der Waals surface area contributed by atoms with E-state index in [1.165, 1.54) is 17.0 Å². The lowest BCUT2D eigenvalue weighted by Crippen LogP contribution is -2.27. The highest BCUT2D eigenvalue weighted by Crippen LogP contribution is 2.34. The Hall–Kier alpha value is -3.12. The van der Waals surface area contributed by atoms with E-state index in [1.54, 1.807) is 24.3 Å². The summed E-state index contributed by atoms with van der Waals surface area (Å²) in [5, 5.41) is 0.639. The minimum absolute atomic E-state index is 0.192. The molecule has 6 heteroatoms. The van der Waals surface area contributed by atoms with Crippen molar-refractivity contribution in [2.75, 3.05) is 6.54 Å². The van der Waals surface area contributed by atoms with Crippen molar-refractivity contribution < 1.29 is 14.0 Å². The highest BCUT2D eigenvalue weighted by atomic mass is 32.2. The monoisotopic (exact) mass is 392 g/mol. The van der Waals surface area contributed by atoms with Gasteiger partial charge in [0, 0.05) is 34.8 Å². The molecular weight excluding hydrogens is 375 g/mol. The van der Waals surface area contributed by atoms with E-state index in [1.807, 2.05) is 35.0 Å². The lowest BCUT2D eigenvalue weighted by atomic mass is 10.1. The number of carbonyl (C=O) groups is 2. The van der Waals surface area contributed by atoms with Crippen LogP contribution in [0, 0.1) is 5.82 Å². The molecule has 3 aromatic rings. The maximum Gasteiger partial charge on any atom is 0.293 e. The molecule has 1 aromatic heterocycles. The first kappa shape index (κ1) is 18.3. The zero-order valence-electron chi connectivity index (χ0n) is 15.0. The molecule has 0 spiro atoms.